The molecule has 4 nitrogen and oxygen atoms in total. The molecule has 4 heteroatoms. The Morgan fingerprint density at radius 2 is 1.86 bits per heavy atom. The monoisotopic (exact) mass is 295 g/mol. The third-order valence-electron chi connectivity index (χ3n) is 4.85. The number of benzene rings is 1. The van der Waals surface area contributed by atoms with Gasteiger partial charge in [0.05, 0.1) is 18.4 Å². The summed E-state index contributed by atoms with van der Waals surface area (Å²) < 4.78 is 4.89. The van der Waals surface area contributed by atoms with E-state index in [1.54, 1.807) is 6.07 Å². The molecule has 0 atom stereocenters. The van der Waals surface area contributed by atoms with Crippen molar-refractivity contribution in [3.05, 3.63) is 56.4 Å². The van der Waals surface area contributed by atoms with E-state index in [2.05, 4.69) is 4.98 Å². The van der Waals surface area contributed by atoms with Gasteiger partial charge in [-0.05, 0) is 48.4 Å². The van der Waals surface area contributed by atoms with Crippen LogP contribution in [0.1, 0.15) is 45.5 Å². The number of H-pyrrole nitrogens is 1. The number of pyridine rings is 1. The van der Waals surface area contributed by atoms with E-state index in [1.807, 2.05) is 12.1 Å². The van der Waals surface area contributed by atoms with Crippen LogP contribution in [0.25, 0.3) is 11.3 Å². The van der Waals surface area contributed by atoms with Crippen molar-refractivity contribution >= 4 is 5.97 Å². The van der Waals surface area contributed by atoms with Crippen LogP contribution in [0.3, 0.4) is 0 Å². The number of nitrogens with one attached hydrogen (secondary N) is 1. The topological polar surface area (TPSA) is 59.2 Å². The Kier molecular flexibility index (Phi) is 2.93. The van der Waals surface area contributed by atoms with Gasteiger partial charge in [0.25, 0.3) is 5.56 Å². The van der Waals surface area contributed by atoms with Gasteiger partial charge in [0, 0.05) is 17.5 Å². The Hall–Kier alpha value is -2.36. The second-order valence-corrected chi connectivity index (χ2v) is 5.97. The lowest BCUT2D eigenvalue weighted by atomic mass is 9.88. The van der Waals surface area contributed by atoms with Gasteiger partial charge in [-0.25, -0.2) is 4.79 Å². The van der Waals surface area contributed by atoms with Crippen molar-refractivity contribution in [2.24, 2.45) is 0 Å². The number of aromatic nitrogens is 1. The largest absolute Gasteiger partial charge is 0.465 e. The Labute approximate surface area is 128 Å². The van der Waals surface area contributed by atoms with Crippen molar-refractivity contribution in [1.29, 1.82) is 0 Å². The van der Waals surface area contributed by atoms with Crippen molar-refractivity contribution < 1.29 is 9.53 Å². The van der Waals surface area contributed by atoms with Crippen LogP contribution in [0.2, 0.25) is 0 Å². The fourth-order valence-electron chi connectivity index (χ4n) is 3.82. The van der Waals surface area contributed by atoms with Crippen molar-refractivity contribution in [2.75, 3.05) is 7.11 Å². The summed E-state index contributed by atoms with van der Waals surface area (Å²) in [6, 6.07) is 5.61. The van der Waals surface area contributed by atoms with Crippen molar-refractivity contribution in [1.82, 2.24) is 4.98 Å². The van der Waals surface area contributed by atoms with Crippen LogP contribution >= 0.6 is 0 Å². The van der Waals surface area contributed by atoms with Gasteiger partial charge in [0.15, 0.2) is 0 Å². The highest BCUT2D eigenvalue weighted by Gasteiger charge is 2.29. The molecule has 22 heavy (non-hydrogen) atoms. The zero-order chi connectivity index (χ0) is 15.3. The molecule has 1 aromatic carbocycles. The molecule has 1 N–H and O–H groups in total. The van der Waals surface area contributed by atoms with Crippen LogP contribution in [-0.4, -0.2) is 18.1 Å². The number of hydrogen-bond donors (Lipinski definition) is 1. The molecule has 2 aliphatic rings. The molecule has 1 aromatic heterocycles. The lowest BCUT2D eigenvalue weighted by Crippen LogP contribution is -2.21. The summed E-state index contributed by atoms with van der Waals surface area (Å²) in [5.74, 6) is -0.319. The number of carbonyl (C=O) groups is 1. The molecule has 1 heterocycles. The normalized spacial score (nSPS) is 15.0. The Balaban J connectivity index is 1.95. The minimum atomic E-state index is -0.319. The second kappa shape index (κ2) is 4.83. The van der Waals surface area contributed by atoms with Crippen LogP contribution < -0.4 is 5.56 Å². The quantitative estimate of drug-likeness (QED) is 0.702. The van der Waals surface area contributed by atoms with Crippen LogP contribution in [0.15, 0.2) is 23.0 Å². The van der Waals surface area contributed by atoms with E-state index in [0.29, 0.717) is 12.0 Å². The first-order chi connectivity index (χ1) is 10.7. The van der Waals surface area contributed by atoms with Crippen LogP contribution in [0.5, 0.6) is 0 Å². The van der Waals surface area contributed by atoms with Gasteiger partial charge < -0.3 is 9.72 Å². The van der Waals surface area contributed by atoms with Gasteiger partial charge in [-0.3, -0.25) is 4.79 Å². The Morgan fingerprint density at radius 1 is 1.09 bits per heavy atom. The van der Waals surface area contributed by atoms with Gasteiger partial charge in [-0.1, -0.05) is 12.1 Å². The average molecular weight is 295 g/mol. The molecule has 0 radical (unpaired) electrons. The zero-order valence-electron chi connectivity index (χ0n) is 12.5. The van der Waals surface area contributed by atoms with E-state index < -0.39 is 0 Å². The predicted molar refractivity (Wildman–Crippen MR) is 83.3 cm³/mol. The fraction of sp³-hybridized carbons (Fsp3) is 0.333. The minimum Gasteiger partial charge on any atom is -0.465 e. The van der Waals surface area contributed by atoms with Crippen molar-refractivity contribution in [2.45, 2.75) is 32.1 Å². The van der Waals surface area contributed by atoms with Crippen molar-refractivity contribution in [3.8, 4) is 11.3 Å². The predicted octanol–water partition coefficient (Wildman–Crippen LogP) is 2.61. The number of esters is 1. The number of hydrogen-bond acceptors (Lipinski definition) is 3. The molecule has 4 rings (SSSR count). The van der Waals surface area contributed by atoms with Gasteiger partial charge in [0.1, 0.15) is 0 Å². The summed E-state index contributed by atoms with van der Waals surface area (Å²) in [7, 11) is 1.40. The molecule has 0 amide bonds. The highest BCUT2D eigenvalue weighted by Crippen LogP contribution is 2.40. The summed E-state index contributed by atoms with van der Waals surface area (Å²) in [6.45, 7) is 0. The summed E-state index contributed by atoms with van der Waals surface area (Å²) in [5.41, 5.74) is 6.80. The van der Waals surface area contributed by atoms with E-state index in [0.717, 1.165) is 48.1 Å². The summed E-state index contributed by atoms with van der Waals surface area (Å²) in [4.78, 5) is 27.4. The molecule has 0 unspecified atom stereocenters. The van der Waals surface area contributed by atoms with Gasteiger partial charge in [-0.15, -0.1) is 0 Å². The maximum absolute atomic E-state index is 12.4. The first-order valence-electron chi connectivity index (χ1n) is 7.68. The lowest BCUT2D eigenvalue weighted by Gasteiger charge is -2.18. The smallest absolute Gasteiger partial charge is 0.338 e. The van der Waals surface area contributed by atoms with Gasteiger partial charge in [0.2, 0.25) is 0 Å². The number of aromatic amines is 1. The van der Waals surface area contributed by atoms with Crippen molar-refractivity contribution in [3.63, 3.8) is 0 Å². The van der Waals surface area contributed by atoms with E-state index >= 15 is 0 Å². The standard InChI is InChI=1S/C18H17NO3/c1-22-18(21)13-8-4-7-11-14(13)9-15-10-5-2-3-6-12(10)17(20)19-16(11)15/h4,7-8H,2-3,5-6,9H2,1H3,(H,19,20). The first kappa shape index (κ1) is 13.3. The third-order valence-corrected chi connectivity index (χ3v) is 4.85. The highest BCUT2D eigenvalue weighted by atomic mass is 16.5. The minimum absolute atomic E-state index is 0.0322. The number of ether oxygens (including phenoxy) is 1. The van der Waals surface area contributed by atoms with E-state index in [-0.39, 0.29) is 11.5 Å². The number of carbonyl (C=O) groups excluding carboxylic acids is 1. The Morgan fingerprint density at radius 3 is 2.64 bits per heavy atom. The summed E-state index contributed by atoms with van der Waals surface area (Å²) in [5, 5.41) is 0. The molecular weight excluding hydrogens is 278 g/mol. The maximum atomic E-state index is 12.4. The van der Waals surface area contributed by atoms with Gasteiger partial charge in [-0.2, -0.15) is 0 Å². The highest BCUT2D eigenvalue weighted by molar-refractivity contribution is 5.95. The molecule has 0 saturated carbocycles. The molecule has 0 fully saturated rings. The van der Waals surface area contributed by atoms with E-state index in [4.69, 9.17) is 4.74 Å². The SMILES string of the molecule is COC(=O)c1cccc2c1Cc1c-2[nH]c(=O)c2c1CCCC2. The lowest BCUT2D eigenvalue weighted by molar-refractivity contribution is 0.0600. The average Bonchev–Trinajstić information content (AvgIpc) is 2.93. The van der Waals surface area contributed by atoms with Crippen LogP contribution in [0.4, 0.5) is 0 Å². The third kappa shape index (κ3) is 1.76. The number of methoxy groups -OCH3 is 1. The molecule has 2 aromatic rings. The van der Waals surface area contributed by atoms with Crippen LogP contribution in [0, 0.1) is 0 Å². The maximum Gasteiger partial charge on any atom is 0.338 e. The van der Waals surface area contributed by atoms with E-state index in [1.165, 1.54) is 18.2 Å². The molecule has 112 valence electrons. The summed E-state index contributed by atoms with van der Waals surface area (Å²) >= 11 is 0. The number of fused-ring (bicyclic) bond motifs is 5. The molecule has 0 spiro atoms. The molecule has 0 aliphatic heterocycles. The second-order valence-electron chi connectivity index (χ2n) is 5.97. The fourth-order valence-corrected chi connectivity index (χ4v) is 3.82. The number of rotatable bonds is 1. The summed E-state index contributed by atoms with van der Waals surface area (Å²) in [6.07, 6.45) is 4.73. The first-order valence-corrected chi connectivity index (χ1v) is 7.68. The van der Waals surface area contributed by atoms with Gasteiger partial charge >= 0.3 is 5.97 Å². The molecular formula is C18H17NO3. The zero-order valence-corrected chi connectivity index (χ0v) is 12.5. The van der Waals surface area contributed by atoms with Crippen LogP contribution in [-0.2, 0) is 24.0 Å². The molecule has 0 bridgehead atoms. The molecule has 2 aliphatic carbocycles. The Bertz CT molecular complexity index is 848. The van der Waals surface area contributed by atoms with E-state index in [9.17, 15) is 9.59 Å². The molecule has 0 saturated heterocycles.